The van der Waals surface area contributed by atoms with E-state index in [0.29, 0.717) is 32.7 Å². The SMILES string of the molecule is CCCCCCCC/C=C\CCCCCCCCC(=O)COCCN(C=C=O)CCN. The molecule has 31 heavy (non-hydrogen) atoms. The Morgan fingerprint density at radius 3 is 2.03 bits per heavy atom. The summed E-state index contributed by atoms with van der Waals surface area (Å²) in [6.07, 6.45) is 24.4. The first-order chi connectivity index (χ1) is 15.2. The smallest absolute Gasteiger partial charge is 0.158 e. The van der Waals surface area contributed by atoms with Crippen molar-refractivity contribution in [3.05, 3.63) is 18.4 Å². The number of hydrogen-bond donors (Lipinski definition) is 1. The van der Waals surface area contributed by atoms with Gasteiger partial charge >= 0.3 is 0 Å². The van der Waals surface area contributed by atoms with Gasteiger partial charge in [0.05, 0.1) is 12.8 Å². The molecule has 0 fully saturated rings. The molecule has 0 aliphatic heterocycles. The van der Waals surface area contributed by atoms with Crippen molar-refractivity contribution in [2.75, 3.05) is 32.8 Å². The van der Waals surface area contributed by atoms with Gasteiger partial charge in [0.2, 0.25) is 0 Å². The number of unbranched alkanes of at least 4 members (excludes halogenated alkanes) is 12. The summed E-state index contributed by atoms with van der Waals surface area (Å²) in [7, 11) is 0. The number of nitrogens with zero attached hydrogens (tertiary/aromatic N) is 1. The molecule has 0 radical (unpaired) electrons. The van der Waals surface area contributed by atoms with Crippen molar-refractivity contribution in [1.82, 2.24) is 4.90 Å². The molecule has 2 N–H and O–H groups in total. The van der Waals surface area contributed by atoms with Gasteiger partial charge in [-0.15, -0.1) is 0 Å². The van der Waals surface area contributed by atoms with Gasteiger partial charge in [-0.3, -0.25) is 4.79 Å². The molecule has 0 unspecified atom stereocenters. The van der Waals surface area contributed by atoms with Gasteiger partial charge in [-0.2, -0.15) is 0 Å². The van der Waals surface area contributed by atoms with Crippen LogP contribution in [0.3, 0.4) is 0 Å². The number of Topliss-reactive ketones (excluding diaryl/α,β-unsaturated/α-hetero) is 1. The number of allylic oxidation sites excluding steroid dienone is 2. The van der Waals surface area contributed by atoms with E-state index in [1.54, 1.807) is 10.8 Å². The summed E-state index contributed by atoms with van der Waals surface area (Å²) in [5.74, 6) is 1.90. The number of rotatable bonds is 24. The van der Waals surface area contributed by atoms with Crippen LogP contribution in [0.2, 0.25) is 0 Å². The van der Waals surface area contributed by atoms with Crippen molar-refractivity contribution in [2.24, 2.45) is 5.73 Å². The number of ether oxygens (including phenoxy) is 1. The highest BCUT2D eigenvalue weighted by Gasteiger charge is 2.03. The molecule has 0 aliphatic rings. The Hall–Kier alpha value is -1.42. The lowest BCUT2D eigenvalue weighted by Crippen LogP contribution is -2.28. The average molecular weight is 437 g/mol. The lowest BCUT2D eigenvalue weighted by Gasteiger charge is -2.17. The molecule has 0 spiro atoms. The van der Waals surface area contributed by atoms with Crippen LogP contribution in [-0.2, 0) is 14.3 Å². The fourth-order valence-corrected chi connectivity index (χ4v) is 3.49. The second kappa shape index (κ2) is 24.8. The largest absolute Gasteiger partial charge is 0.372 e. The summed E-state index contributed by atoms with van der Waals surface area (Å²) in [6.45, 7) is 4.44. The molecule has 0 aliphatic carbocycles. The van der Waals surface area contributed by atoms with Crippen molar-refractivity contribution >= 4 is 11.7 Å². The van der Waals surface area contributed by atoms with E-state index in [0.717, 1.165) is 12.8 Å². The van der Waals surface area contributed by atoms with Gasteiger partial charge < -0.3 is 15.4 Å². The van der Waals surface area contributed by atoms with Crippen molar-refractivity contribution in [1.29, 1.82) is 0 Å². The van der Waals surface area contributed by atoms with Crippen LogP contribution in [0.4, 0.5) is 0 Å². The van der Waals surface area contributed by atoms with Gasteiger partial charge in [-0.25, -0.2) is 4.79 Å². The van der Waals surface area contributed by atoms with Gasteiger partial charge in [0, 0.05) is 26.1 Å². The Balaban J connectivity index is 3.36. The Morgan fingerprint density at radius 2 is 1.45 bits per heavy atom. The molecule has 0 heterocycles. The zero-order chi connectivity index (χ0) is 22.8. The van der Waals surface area contributed by atoms with Gasteiger partial charge in [0.1, 0.15) is 12.5 Å². The third kappa shape index (κ3) is 23.1. The quantitative estimate of drug-likeness (QED) is 0.121. The zero-order valence-corrected chi connectivity index (χ0v) is 20.1. The Morgan fingerprint density at radius 1 is 0.871 bits per heavy atom. The number of ketones is 1. The summed E-state index contributed by atoms with van der Waals surface area (Å²) in [5, 5.41) is 0. The molecule has 0 atom stereocenters. The number of carbonyl (C=O) groups excluding carboxylic acids is 2. The fraction of sp³-hybridized carbons (Fsp3) is 0.808. The van der Waals surface area contributed by atoms with E-state index in [9.17, 15) is 9.59 Å². The molecular weight excluding hydrogens is 388 g/mol. The van der Waals surface area contributed by atoms with Gasteiger partial charge in [0.25, 0.3) is 0 Å². The van der Waals surface area contributed by atoms with Crippen LogP contribution < -0.4 is 5.73 Å². The molecule has 0 aromatic carbocycles. The van der Waals surface area contributed by atoms with Crippen LogP contribution >= 0.6 is 0 Å². The topological polar surface area (TPSA) is 72.6 Å². The summed E-state index contributed by atoms with van der Waals surface area (Å²) < 4.78 is 5.41. The molecule has 180 valence electrons. The highest BCUT2D eigenvalue weighted by Crippen LogP contribution is 2.10. The predicted molar refractivity (Wildman–Crippen MR) is 131 cm³/mol. The van der Waals surface area contributed by atoms with Crippen LogP contribution in [0.1, 0.15) is 103 Å². The van der Waals surface area contributed by atoms with Crippen molar-refractivity contribution in [2.45, 2.75) is 103 Å². The normalized spacial score (nSPS) is 11.0. The van der Waals surface area contributed by atoms with Crippen LogP contribution in [0, 0.1) is 0 Å². The minimum absolute atomic E-state index is 0.159. The van der Waals surface area contributed by atoms with Gasteiger partial charge in [-0.1, -0.05) is 76.9 Å². The maximum absolute atomic E-state index is 11.9. The molecule has 0 amide bonds. The number of carbonyl (C=O) groups is 1. The number of nitrogens with two attached hydrogens (primary N) is 1. The maximum atomic E-state index is 11.9. The Kier molecular flexibility index (Phi) is 23.7. The molecule has 0 saturated heterocycles. The highest BCUT2D eigenvalue weighted by molar-refractivity contribution is 5.79. The molecule has 0 saturated carbocycles. The molecule has 0 bridgehead atoms. The second-order valence-corrected chi connectivity index (χ2v) is 8.35. The molecular formula is C26H48N2O3. The minimum Gasteiger partial charge on any atom is -0.372 e. The van der Waals surface area contributed by atoms with E-state index in [4.69, 9.17) is 10.5 Å². The second-order valence-electron chi connectivity index (χ2n) is 8.35. The van der Waals surface area contributed by atoms with E-state index in [2.05, 4.69) is 19.1 Å². The van der Waals surface area contributed by atoms with Gasteiger partial charge in [0.15, 0.2) is 5.78 Å². The van der Waals surface area contributed by atoms with E-state index >= 15 is 0 Å². The first-order valence-corrected chi connectivity index (χ1v) is 12.6. The third-order valence-electron chi connectivity index (χ3n) is 5.40. The highest BCUT2D eigenvalue weighted by atomic mass is 16.5. The lowest BCUT2D eigenvalue weighted by molar-refractivity contribution is -0.123. The lowest BCUT2D eigenvalue weighted by atomic mass is 10.1. The van der Waals surface area contributed by atoms with E-state index < -0.39 is 0 Å². The van der Waals surface area contributed by atoms with Crippen LogP contribution in [0.15, 0.2) is 18.4 Å². The molecule has 0 aromatic heterocycles. The van der Waals surface area contributed by atoms with Crippen molar-refractivity contribution in [3.8, 4) is 0 Å². The zero-order valence-electron chi connectivity index (χ0n) is 20.1. The number of hydrogen-bond acceptors (Lipinski definition) is 5. The monoisotopic (exact) mass is 436 g/mol. The average Bonchev–Trinajstić information content (AvgIpc) is 2.76. The summed E-state index contributed by atoms with van der Waals surface area (Å²) in [5.41, 5.74) is 5.47. The van der Waals surface area contributed by atoms with Crippen LogP contribution in [-0.4, -0.2) is 49.5 Å². The fourth-order valence-electron chi connectivity index (χ4n) is 3.49. The van der Waals surface area contributed by atoms with Gasteiger partial charge in [-0.05, 0) is 32.1 Å². The summed E-state index contributed by atoms with van der Waals surface area (Å²) in [4.78, 5) is 24.0. The minimum atomic E-state index is 0.159. The summed E-state index contributed by atoms with van der Waals surface area (Å²) in [6, 6.07) is 0. The maximum Gasteiger partial charge on any atom is 0.158 e. The first kappa shape index (κ1) is 29.6. The Labute approximate surface area is 191 Å². The molecule has 5 nitrogen and oxygen atoms in total. The first-order valence-electron chi connectivity index (χ1n) is 12.6. The van der Waals surface area contributed by atoms with Crippen LogP contribution in [0.5, 0.6) is 0 Å². The van der Waals surface area contributed by atoms with Crippen molar-refractivity contribution < 1.29 is 14.3 Å². The molecule has 5 heteroatoms. The van der Waals surface area contributed by atoms with E-state index in [-0.39, 0.29) is 12.4 Å². The van der Waals surface area contributed by atoms with Crippen molar-refractivity contribution in [3.63, 3.8) is 0 Å². The standard InChI is InChI=1S/C26H48N2O3/c1-2-3-4-5-6-7-8-9-10-11-12-13-14-15-16-17-18-26(30)25-31-24-22-28(20-19-27)21-23-29/h9-10,21H,2-8,11-20,22,24-25,27H2,1H3/b10-9-. The molecule has 0 aromatic rings. The van der Waals surface area contributed by atoms with Crippen LogP contribution in [0.25, 0.3) is 0 Å². The predicted octanol–water partition coefficient (Wildman–Crippen LogP) is 5.61. The molecule has 0 rings (SSSR count). The van der Waals surface area contributed by atoms with E-state index in [1.807, 2.05) is 0 Å². The third-order valence-corrected chi connectivity index (χ3v) is 5.40. The summed E-state index contributed by atoms with van der Waals surface area (Å²) >= 11 is 0. The Bertz CT molecular complexity index is 473. The van der Waals surface area contributed by atoms with E-state index in [1.165, 1.54) is 83.2 Å².